The first-order valence-electron chi connectivity index (χ1n) is 5.40. The molecule has 0 spiro atoms. The number of rotatable bonds is 2. The normalized spacial score (nSPS) is 10.9. The molecule has 1 aromatic heterocycles. The van der Waals surface area contributed by atoms with Crippen LogP contribution in [0.5, 0.6) is 0 Å². The lowest BCUT2D eigenvalue weighted by atomic mass is 10.3. The van der Waals surface area contributed by atoms with Crippen LogP contribution in [0, 0.1) is 11.6 Å². The smallest absolute Gasteiger partial charge is 0.188 e. The van der Waals surface area contributed by atoms with E-state index in [0.29, 0.717) is 20.8 Å². The number of hydrogen-bond acceptors (Lipinski definition) is 3. The molecule has 1 heterocycles. The predicted octanol–water partition coefficient (Wildman–Crippen LogP) is 5.08. The van der Waals surface area contributed by atoms with Crippen molar-refractivity contribution in [2.75, 3.05) is 5.32 Å². The van der Waals surface area contributed by atoms with Crippen molar-refractivity contribution in [1.29, 1.82) is 0 Å². The highest BCUT2D eigenvalue weighted by atomic mass is 79.9. The maximum atomic E-state index is 13.7. The number of hydrogen-bond donors (Lipinski definition) is 1. The largest absolute Gasteiger partial charge is 0.329 e. The number of benzene rings is 2. The van der Waals surface area contributed by atoms with Crippen LogP contribution >= 0.6 is 27.3 Å². The maximum Gasteiger partial charge on any atom is 0.188 e. The highest BCUT2D eigenvalue weighted by molar-refractivity contribution is 9.10. The quantitative estimate of drug-likeness (QED) is 0.703. The standard InChI is InChI=1S/C13H7BrF2N2S/c14-7-1-3-10(9(16)5-7)17-13-18-11-4-2-8(15)6-12(11)19-13/h1-6H,(H,17,18). The van der Waals surface area contributed by atoms with E-state index in [4.69, 9.17) is 0 Å². The second-order valence-corrected chi connectivity index (χ2v) is 5.83. The van der Waals surface area contributed by atoms with E-state index in [1.54, 1.807) is 18.2 Å². The third-order valence-corrected chi connectivity index (χ3v) is 3.95. The molecule has 0 saturated heterocycles. The van der Waals surface area contributed by atoms with Gasteiger partial charge in [0.15, 0.2) is 5.13 Å². The first kappa shape index (κ1) is 12.5. The zero-order chi connectivity index (χ0) is 13.4. The van der Waals surface area contributed by atoms with E-state index in [0.717, 1.165) is 4.70 Å². The second-order valence-electron chi connectivity index (χ2n) is 3.88. The summed E-state index contributed by atoms with van der Waals surface area (Å²) < 4.78 is 28.1. The van der Waals surface area contributed by atoms with Crippen LogP contribution in [0.25, 0.3) is 10.2 Å². The van der Waals surface area contributed by atoms with Crippen LogP contribution in [-0.2, 0) is 0 Å². The summed E-state index contributed by atoms with van der Waals surface area (Å²) >= 11 is 4.47. The molecular formula is C13H7BrF2N2S. The molecule has 6 heteroatoms. The molecule has 0 radical (unpaired) electrons. The first-order chi connectivity index (χ1) is 9.11. The molecule has 3 rings (SSSR count). The molecule has 0 fully saturated rings. The van der Waals surface area contributed by atoms with Gasteiger partial charge < -0.3 is 5.32 Å². The van der Waals surface area contributed by atoms with Gasteiger partial charge in [-0.05, 0) is 36.4 Å². The Morgan fingerprint density at radius 3 is 2.74 bits per heavy atom. The fourth-order valence-electron chi connectivity index (χ4n) is 1.66. The van der Waals surface area contributed by atoms with Crippen molar-refractivity contribution >= 4 is 48.3 Å². The maximum absolute atomic E-state index is 13.7. The van der Waals surface area contributed by atoms with Gasteiger partial charge in [-0.15, -0.1) is 0 Å². The van der Waals surface area contributed by atoms with Gasteiger partial charge in [0.05, 0.1) is 15.9 Å². The highest BCUT2D eigenvalue weighted by Crippen LogP contribution is 2.30. The number of nitrogens with one attached hydrogen (secondary N) is 1. The van der Waals surface area contributed by atoms with Crippen LogP contribution in [0.3, 0.4) is 0 Å². The lowest BCUT2D eigenvalue weighted by Gasteiger charge is -2.03. The van der Waals surface area contributed by atoms with Crippen molar-refractivity contribution in [2.24, 2.45) is 0 Å². The third kappa shape index (κ3) is 2.59. The predicted molar refractivity (Wildman–Crippen MR) is 77.0 cm³/mol. The fraction of sp³-hybridized carbons (Fsp3) is 0. The Bertz CT molecular complexity index is 757. The van der Waals surface area contributed by atoms with E-state index in [9.17, 15) is 8.78 Å². The van der Waals surface area contributed by atoms with Crippen molar-refractivity contribution in [3.63, 3.8) is 0 Å². The van der Waals surface area contributed by atoms with Gasteiger partial charge in [0, 0.05) is 4.47 Å². The molecule has 0 amide bonds. The Morgan fingerprint density at radius 2 is 1.95 bits per heavy atom. The number of fused-ring (bicyclic) bond motifs is 1. The SMILES string of the molecule is Fc1ccc2nc(Nc3ccc(Br)cc3F)sc2c1. The minimum Gasteiger partial charge on any atom is -0.329 e. The van der Waals surface area contributed by atoms with Crippen LogP contribution in [-0.4, -0.2) is 4.98 Å². The van der Waals surface area contributed by atoms with E-state index in [1.165, 1.54) is 29.5 Å². The molecule has 19 heavy (non-hydrogen) atoms. The number of halogens is 3. The van der Waals surface area contributed by atoms with Crippen LogP contribution < -0.4 is 5.32 Å². The van der Waals surface area contributed by atoms with Gasteiger partial charge in [-0.25, -0.2) is 13.8 Å². The Hall–Kier alpha value is -1.53. The summed E-state index contributed by atoms with van der Waals surface area (Å²) in [5, 5.41) is 3.43. The van der Waals surface area contributed by atoms with Gasteiger partial charge in [0.2, 0.25) is 0 Å². The van der Waals surface area contributed by atoms with Crippen LogP contribution in [0.2, 0.25) is 0 Å². The van der Waals surface area contributed by atoms with Gasteiger partial charge in [0.25, 0.3) is 0 Å². The van der Waals surface area contributed by atoms with E-state index in [2.05, 4.69) is 26.2 Å². The molecule has 0 saturated carbocycles. The number of thiazole rings is 1. The number of anilines is 2. The zero-order valence-corrected chi connectivity index (χ0v) is 11.9. The highest BCUT2D eigenvalue weighted by Gasteiger charge is 2.08. The van der Waals surface area contributed by atoms with E-state index in [1.807, 2.05) is 0 Å². The summed E-state index contributed by atoms with van der Waals surface area (Å²) in [6.07, 6.45) is 0. The molecule has 0 atom stereocenters. The molecule has 0 unspecified atom stereocenters. The van der Waals surface area contributed by atoms with Crippen molar-refractivity contribution in [3.8, 4) is 0 Å². The van der Waals surface area contributed by atoms with E-state index < -0.39 is 0 Å². The Balaban J connectivity index is 1.96. The van der Waals surface area contributed by atoms with Gasteiger partial charge in [-0.1, -0.05) is 27.3 Å². The summed E-state index contributed by atoms with van der Waals surface area (Å²) in [6.45, 7) is 0. The Morgan fingerprint density at radius 1 is 1.11 bits per heavy atom. The summed E-state index contributed by atoms with van der Waals surface area (Å²) in [5.41, 5.74) is 1.02. The van der Waals surface area contributed by atoms with Gasteiger partial charge in [-0.3, -0.25) is 0 Å². The topological polar surface area (TPSA) is 24.9 Å². The minimum absolute atomic E-state index is 0.308. The van der Waals surface area contributed by atoms with E-state index >= 15 is 0 Å². The Kier molecular flexibility index (Phi) is 3.20. The number of nitrogens with zero attached hydrogens (tertiary/aromatic N) is 1. The monoisotopic (exact) mass is 340 g/mol. The van der Waals surface area contributed by atoms with Crippen LogP contribution in [0.15, 0.2) is 40.9 Å². The average molecular weight is 341 g/mol. The number of aromatic nitrogens is 1. The van der Waals surface area contributed by atoms with Crippen LogP contribution in [0.4, 0.5) is 19.6 Å². The Labute approximate surface area is 120 Å². The summed E-state index contributed by atoms with van der Waals surface area (Å²) in [5.74, 6) is -0.683. The van der Waals surface area contributed by atoms with Gasteiger partial charge in [0.1, 0.15) is 11.6 Å². The van der Waals surface area contributed by atoms with Crippen LogP contribution in [0.1, 0.15) is 0 Å². The molecular weight excluding hydrogens is 334 g/mol. The molecule has 0 aliphatic carbocycles. The minimum atomic E-state index is -0.375. The lowest BCUT2D eigenvalue weighted by molar-refractivity contribution is 0.630. The lowest BCUT2D eigenvalue weighted by Crippen LogP contribution is -1.92. The third-order valence-electron chi connectivity index (χ3n) is 2.52. The molecule has 0 aliphatic heterocycles. The zero-order valence-electron chi connectivity index (χ0n) is 9.45. The molecule has 1 N–H and O–H groups in total. The summed E-state index contributed by atoms with van der Waals surface area (Å²) in [4.78, 5) is 4.28. The first-order valence-corrected chi connectivity index (χ1v) is 7.01. The molecule has 2 nitrogen and oxygen atoms in total. The van der Waals surface area contributed by atoms with Crippen molar-refractivity contribution in [2.45, 2.75) is 0 Å². The van der Waals surface area contributed by atoms with Gasteiger partial charge >= 0.3 is 0 Å². The van der Waals surface area contributed by atoms with Crippen molar-refractivity contribution in [1.82, 2.24) is 4.98 Å². The van der Waals surface area contributed by atoms with Gasteiger partial charge in [-0.2, -0.15) is 0 Å². The summed E-state index contributed by atoms with van der Waals surface area (Å²) in [6, 6.07) is 9.09. The molecule has 0 bridgehead atoms. The van der Waals surface area contributed by atoms with Crippen molar-refractivity contribution < 1.29 is 8.78 Å². The second kappa shape index (κ2) is 4.86. The van der Waals surface area contributed by atoms with Crippen molar-refractivity contribution in [3.05, 3.63) is 52.5 Å². The fourth-order valence-corrected chi connectivity index (χ4v) is 2.89. The molecule has 2 aromatic carbocycles. The molecule has 96 valence electrons. The molecule has 0 aliphatic rings. The average Bonchev–Trinajstić information content (AvgIpc) is 2.74. The summed E-state index contributed by atoms with van der Waals surface area (Å²) in [7, 11) is 0. The molecule has 3 aromatic rings. The van der Waals surface area contributed by atoms with E-state index in [-0.39, 0.29) is 11.6 Å².